The van der Waals surface area contributed by atoms with E-state index in [-0.39, 0.29) is 35.0 Å². The van der Waals surface area contributed by atoms with Crippen molar-refractivity contribution in [3.05, 3.63) is 135 Å². The van der Waals surface area contributed by atoms with Gasteiger partial charge >= 0.3 is 12.1 Å². The van der Waals surface area contributed by atoms with Crippen molar-refractivity contribution in [3.8, 4) is 17.2 Å². The number of hydrogen-bond donors (Lipinski definition) is 3. The van der Waals surface area contributed by atoms with Gasteiger partial charge in [0.1, 0.15) is 33.5 Å². The number of rotatable bonds is 10. The van der Waals surface area contributed by atoms with Gasteiger partial charge in [0.15, 0.2) is 0 Å². The number of carbonyl (C=O) groups is 3. The molecule has 46 heavy (non-hydrogen) atoms. The quantitative estimate of drug-likeness (QED) is 0.147. The second kappa shape index (κ2) is 13.5. The number of ether oxygens (including phenoxy) is 1. The Morgan fingerprint density at radius 3 is 2.22 bits per heavy atom. The van der Waals surface area contributed by atoms with Crippen molar-refractivity contribution in [1.29, 1.82) is 0 Å². The van der Waals surface area contributed by atoms with Crippen molar-refractivity contribution in [2.45, 2.75) is 19.3 Å². The molecule has 4 aromatic carbocycles. The molecule has 0 bridgehead atoms. The molecule has 0 aliphatic carbocycles. The maximum atomic E-state index is 13.5. The maximum Gasteiger partial charge on any atom is 0.416 e. The van der Waals surface area contributed by atoms with Crippen molar-refractivity contribution in [2.75, 3.05) is 4.90 Å². The van der Waals surface area contributed by atoms with E-state index in [1.165, 1.54) is 11.4 Å². The lowest BCUT2D eigenvalue weighted by Crippen LogP contribution is -2.31. The fourth-order valence-corrected chi connectivity index (χ4v) is 5.06. The van der Waals surface area contributed by atoms with Crippen LogP contribution in [0.25, 0.3) is 0 Å². The van der Waals surface area contributed by atoms with Gasteiger partial charge in [0.05, 0.1) is 12.1 Å². The molecule has 0 aliphatic rings. The molecular formula is C33H24F3N3O6S. The number of hydrogen-bond acceptors (Lipinski definition) is 7. The van der Waals surface area contributed by atoms with Crippen LogP contribution in [-0.4, -0.2) is 33.0 Å². The molecule has 0 radical (unpaired) electrons. The van der Waals surface area contributed by atoms with Crippen LogP contribution in [0.1, 0.15) is 47.3 Å². The van der Waals surface area contributed by atoms with Gasteiger partial charge in [-0.05, 0) is 72.3 Å². The smallest absolute Gasteiger partial charge is 0.416 e. The van der Waals surface area contributed by atoms with Gasteiger partial charge in [-0.25, -0.2) is 9.78 Å². The zero-order valence-corrected chi connectivity index (χ0v) is 24.5. The number of thiazole rings is 1. The average Bonchev–Trinajstić information content (AvgIpc) is 3.52. The first-order valence-electron chi connectivity index (χ1n) is 13.6. The SMILES string of the molecule is O=C(NCc1ccc(Oc2ccccc2)cc1)c1csc(CN(C(=O)c2ccc(C(F)(F)F)cc2)c2ccc(O)c(C(=O)O)c2)n1. The molecule has 0 atom stereocenters. The number of carboxylic acids is 1. The summed E-state index contributed by atoms with van der Waals surface area (Å²) in [5.74, 6) is -1.90. The largest absolute Gasteiger partial charge is 0.507 e. The average molecular weight is 648 g/mol. The topological polar surface area (TPSA) is 129 Å². The van der Waals surface area contributed by atoms with E-state index in [9.17, 15) is 37.8 Å². The zero-order valence-electron chi connectivity index (χ0n) is 23.7. The van der Waals surface area contributed by atoms with E-state index in [2.05, 4.69) is 10.3 Å². The predicted molar refractivity (Wildman–Crippen MR) is 163 cm³/mol. The van der Waals surface area contributed by atoms with E-state index < -0.39 is 40.8 Å². The number of para-hydroxylation sites is 1. The minimum absolute atomic E-state index is 0.0426. The second-order valence-corrected chi connectivity index (χ2v) is 10.8. The third-order valence-corrected chi connectivity index (χ3v) is 7.49. The lowest BCUT2D eigenvalue weighted by Gasteiger charge is -2.23. The van der Waals surface area contributed by atoms with Crippen LogP contribution in [0.15, 0.2) is 102 Å². The summed E-state index contributed by atoms with van der Waals surface area (Å²) < 4.78 is 45.0. The highest BCUT2D eigenvalue weighted by atomic mass is 32.1. The highest BCUT2D eigenvalue weighted by Crippen LogP contribution is 2.31. The molecule has 1 heterocycles. The molecule has 234 valence electrons. The van der Waals surface area contributed by atoms with E-state index in [0.29, 0.717) is 11.5 Å². The molecule has 2 amide bonds. The molecule has 0 saturated heterocycles. The Morgan fingerprint density at radius 1 is 0.891 bits per heavy atom. The number of alkyl halides is 3. The third kappa shape index (κ3) is 7.68. The number of carbonyl (C=O) groups excluding carboxylic acids is 2. The molecular weight excluding hydrogens is 623 g/mol. The predicted octanol–water partition coefficient (Wildman–Crippen LogP) is 7.14. The Balaban J connectivity index is 1.30. The summed E-state index contributed by atoms with van der Waals surface area (Å²) in [6.45, 7) is -0.0498. The number of aromatic nitrogens is 1. The van der Waals surface area contributed by atoms with E-state index in [4.69, 9.17) is 4.74 Å². The van der Waals surface area contributed by atoms with E-state index >= 15 is 0 Å². The van der Waals surface area contributed by atoms with Crippen LogP contribution >= 0.6 is 11.3 Å². The summed E-state index contributed by atoms with van der Waals surface area (Å²) in [5.41, 5.74) is -0.613. The summed E-state index contributed by atoms with van der Waals surface area (Å²) in [4.78, 5) is 43.4. The van der Waals surface area contributed by atoms with Crippen molar-refractivity contribution < 1.29 is 42.5 Å². The normalized spacial score (nSPS) is 11.1. The zero-order chi connectivity index (χ0) is 32.8. The van der Waals surface area contributed by atoms with Gasteiger partial charge in [0, 0.05) is 23.2 Å². The van der Waals surface area contributed by atoms with Gasteiger partial charge in [0.2, 0.25) is 0 Å². The Labute approximate surface area is 264 Å². The Hall–Kier alpha value is -5.69. The Bertz CT molecular complexity index is 1860. The number of benzene rings is 4. The molecule has 0 aliphatic heterocycles. The van der Waals surface area contributed by atoms with Crippen LogP contribution < -0.4 is 15.0 Å². The molecule has 0 unspecified atom stereocenters. The van der Waals surface area contributed by atoms with E-state index in [1.54, 1.807) is 24.3 Å². The summed E-state index contributed by atoms with van der Waals surface area (Å²) in [5, 5.41) is 24.0. The Kier molecular flexibility index (Phi) is 9.33. The monoisotopic (exact) mass is 647 g/mol. The summed E-state index contributed by atoms with van der Waals surface area (Å²) in [6.07, 6.45) is -4.60. The number of nitrogens with zero attached hydrogens (tertiary/aromatic N) is 2. The second-order valence-electron chi connectivity index (χ2n) is 9.84. The minimum Gasteiger partial charge on any atom is -0.507 e. The van der Waals surface area contributed by atoms with Gasteiger partial charge in [-0.3, -0.25) is 9.59 Å². The molecule has 5 rings (SSSR count). The lowest BCUT2D eigenvalue weighted by molar-refractivity contribution is -0.137. The first-order valence-corrected chi connectivity index (χ1v) is 14.5. The number of phenols is 1. The van der Waals surface area contributed by atoms with Crippen molar-refractivity contribution in [1.82, 2.24) is 10.3 Å². The fourth-order valence-electron chi connectivity index (χ4n) is 4.30. The third-order valence-electron chi connectivity index (χ3n) is 6.66. The number of carboxylic acid groups (broad SMARTS) is 1. The van der Waals surface area contributed by atoms with Crippen LogP contribution in [0.2, 0.25) is 0 Å². The van der Waals surface area contributed by atoms with Gasteiger partial charge in [-0.1, -0.05) is 30.3 Å². The molecule has 0 fully saturated rings. The van der Waals surface area contributed by atoms with Gasteiger partial charge in [-0.15, -0.1) is 11.3 Å². The van der Waals surface area contributed by atoms with Crippen LogP contribution in [0.5, 0.6) is 17.2 Å². The van der Waals surface area contributed by atoms with Crippen molar-refractivity contribution >= 4 is 34.8 Å². The van der Waals surface area contributed by atoms with Gasteiger partial charge in [0.25, 0.3) is 11.8 Å². The highest BCUT2D eigenvalue weighted by molar-refractivity contribution is 7.09. The highest BCUT2D eigenvalue weighted by Gasteiger charge is 2.31. The van der Waals surface area contributed by atoms with E-state index in [0.717, 1.165) is 58.2 Å². The fraction of sp³-hybridized carbons (Fsp3) is 0.0909. The molecule has 0 saturated carbocycles. The maximum absolute atomic E-state index is 13.5. The van der Waals surface area contributed by atoms with Crippen LogP contribution in [-0.2, 0) is 19.3 Å². The van der Waals surface area contributed by atoms with Crippen molar-refractivity contribution in [2.24, 2.45) is 0 Å². The minimum atomic E-state index is -4.60. The number of nitrogens with one attached hydrogen (secondary N) is 1. The standard InChI is InChI=1S/C33H24F3N3O6S/c34-33(35,36)22-10-8-21(9-11-22)31(42)39(23-12-15-28(40)26(16-23)32(43)44)18-29-38-27(19-46-29)30(41)37-17-20-6-13-25(14-7-20)45-24-4-2-1-3-5-24/h1-16,19,40H,17-18H2,(H,37,41)(H,43,44). The summed E-state index contributed by atoms with van der Waals surface area (Å²) in [6, 6.07) is 23.4. The van der Waals surface area contributed by atoms with E-state index in [1.807, 2.05) is 30.3 Å². The number of halogens is 3. The molecule has 0 spiro atoms. The van der Waals surface area contributed by atoms with Gasteiger partial charge in [-0.2, -0.15) is 13.2 Å². The first kappa shape index (κ1) is 31.7. The first-order chi connectivity index (χ1) is 22.0. The summed E-state index contributed by atoms with van der Waals surface area (Å²) >= 11 is 1.06. The molecule has 3 N–H and O–H groups in total. The molecule has 1 aromatic heterocycles. The van der Waals surface area contributed by atoms with Crippen LogP contribution in [0.3, 0.4) is 0 Å². The number of aromatic carboxylic acids is 1. The van der Waals surface area contributed by atoms with Gasteiger partial charge < -0.3 is 25.2 Å². The number of amides is 2. The van der Waals surface area contributed by atoms with Crippen molar-refractivity contribution in [3.63, 3.8) is 0 Å². The van der Waals surface area contributed by atoms with Crippen LogP contribution in [0.4, 0.5) is 18.9 Å². The number of aromatic hydroxyl groups is 1. The molecule has 9 nitrogen and oxygen atoms in total. The molecule has 5 aromatic rings. The van der Waals surface area contributed by atoms with Crippen LogP contribution in [0, 0.1) is 0 Å². The molecule has 13 heteroatoms. The Morgan fingerprint density at radius 2 is 1.57 bits per heavy atom. The number of anilines is 1. The summed E-state index contributed by atoms with van der Waals surface area (Å²) in [7, 11) is 0. The lowest BCUT2D eigenvalue weighted by atomic mass is 10.1.